The highest BCUT2D eigenvalue weighted by molar-refractivity contribution is 5.83. The number of nitrogens with zero attached hydrogens (tertiary/aromatic N) is 1. The summed E-state index contributed by atoms with van der Waals surface area (Å²) in [6.45, 7) is 8.38. The first-order valence-electron chi connectivity index (χ1n) is 6.44. The summed E-state index contributed by atoms with van der Waals surface area (Å²) in [6, 6.07) is 0. The number of carboxylic acids is 1. The fraction of sp³-hybridized carbons (Fsp3) is 0.846. The molecule has 0 heterocycles. The van der Waals surface area contributed by atoms with Crippen LogP contribution in [0.2, 0.25) is 0 Å². The summed E-state index contributed by atoms with van der Waals surface area (Å²) in [7, 11) is 0. The molecule has 0 spiro atoms. The van der Waals surface area contributed by atoms with Crippen LogP contribution in [0.4, 0.5) is 0 Å². The van der Waals surface area contributed by atoms with Crippen LogP contribution in [-0.4, -0.2) is 35.0 Å². The van der Waals surface area contributed by atoms with E-state index >= 15 is 0 Å². The standard InChI is InChI=1S/C13H25NO3/c1-5-7-11(10(3)4)13(17)14(8-6-2)9-12(15)16/h10-11H,5-9H2,1-4H3,(H,15,16). The Hall–Kier alpha value is -1.06. The van der Waals surface area contributed by atoms with Crippen LogP contribution in [0.15, 0.2) is 0 Å². The van der Waals surface area contributed by atoms with Crippen molar-refractivity contribution in [3.63, 3.8) is 0 Å². The molecule has 0 radical (unpaired) electrons. The fourth-order valence-corrected chi connectivity index (χ4v) is 1.99. The van der Waals surface area contributed by atoms with Crippen molar-refractivity contribution in [1.82, 2.24) is 4.90 Å². The van der Waals surface area contributed by atoms with E-state index in [9.17, 15) is 9.59 Å². The highest BCUT2D eigenvalue weighted by Crippen LogP contribution is 2.20. The molecule has 1 atom stereocenters. The Kier molecular flexibility index (Phi) is 7.59. The summed E-state index contributed by atoms with van der Waals surface area (Å²) < 4.78 is 0. The Morgan fingerprint density at radius 1 is 1.18 bits per heavy atom. The van der Waals surface area contributed by atoms with E-state index in [1.54, 1.807) is 0 Å². The SMILES string of the molecule is CCCC(C(=O)N(CCC)CC(=O)O)C(C)C. The molecule has 0 aromatic rings. The molecule has 4 heteroatoms. The normalized spacial score (nSPS) is 12.5. The van der Waals surface area contributed by atoms with Gasteiger partial charge in [-0.1, -0.05) is 34.1 Å². The van der Waals surface area contributed by atoms with Gasteiger partial charge in [0.05, 0.1) is 0 Å². The Morgan fingerprint density at radius 2 is 1.76 bits per heavy atom. The number of carboxylic acid groups (broad SMARTS) is 1. The maximum atomic E-state index is 12.3. The van der Waals surface area contributed by atoms with Crippen molar-refractivity contribution in [1.29, 1.82) is 0 Å². The van der Waals surface area contributed by atoms with Gasteiger partial charge in [-0.25, -0.2) is 0 Å². The molecule has 0 bridgehead atoms. The number of hydrogen-bond acceptors (Lipinski definition) is 2. The van der Waals surface area contributed by atoms with Crippen molar-refractivity contribution < 1.29 is 14.7 Å². The van der Waals surface area contributed by atoms with Crippen LogP contribution >= 0.6 is 0 Å². The molecule has 0 aliphatic carbocycles. The second-order valence-electron chi connectivity index (χ2n) is 4.79. The lowest BCUT2D eigenvalue weighted by atomic mass is 9.90. The van der Waals surface area contributed by atoms with Gasteiger partial charge in [0.1, 0.15) is 6.54 Å². The minimum atomic E-state index is -0.939. The molecule has 0 aromatic heterocycles. The van der Waals surface area contributed by atoms with Gasteiger partial charge >= 0.3 is 5.97 Å². The predicted molar refractivity (Wildman–Crippen MR) is 67.7 cm³/mol. The summed E-state index contributed by atoms with van der Waals surface area (Å²) in [6.07, 6.45) is 2.56. The molecule has 1 amide bonds. The van der Waals surface area contributed by atoms with Crippen molar-refractivity contribution in [2.75, 3.05) is 13.1 Å². The topological polar surface area (TPSA) is 57.6 Å². The number of aliphatic carboxylic acids is 1. The monoisotopic (exact) mass is 243 g/mol. The first kappa shape index (κ1) is 15.9. The highest BCUT2D eigenvalue weighted by Gasteiger charge is 2.26. The van der Waals surface area contributed by atoms with Gasteiger partial charge in [0, 0.05) is 12.5 Å². The zero-order valence-electron chi connectivity index (χ0n) is 11.4. The minimum absolute atomic E-state index is 0.00824. The lowest BCUT2D eigenvalue weighted by Gasteiger charge is -2.27. The first-order chi connectivity index (χ1) is 7.93. The molecule has 0 aromatic carbocycles. The lowest BCUT2D eigenvalue weighted by molar-refractivity contribution is -0.147. The number of amides is 1. The molecule has 17 heavy (non-hydrogen) atoms. The van der Waals surface area contributed by atoms with Crippen molar-refractivity contribution in [3.8, 4) is 0 Å². The molecule has 0 aliphatic heterocycles. The molecule has 0 rings (SSSR count). The summed E-state index contributed by atoms with van der Waals surface area (Å²) in [5.41, 5.74) is 0. The highest BCUT2D eigenvalue weighted by atomic mass is 16.4. The quantitative estimate of drug-likeness (QED) is 0.712. The molecule has 0 aliphatic rings. The smallest absolute Gasteiger partial charge is 0.323 e. The van der Waals surface area contributed by atoms with Crippen LogP contribution in [-0.2, 0) is 9.59 Å². The van der Waals surface area contributed by atoms with Crippen LogP contribution in [0.3, 0.4) is 0 Å². The van der Waals surface area contributed by atoms with E-state index in [1.807, 2.05) is 27.7 Å². The number of carbonyl (C=O) groups is 2. The van der Waals surface area contributed by atoms with E-state index in [2.05, 4.69) is 0 Å². The van der Waals surface area contributed by atoms with Crippen molar-refractivity contribution in [3.05, 3.63) is 0 Å². The largest absolute Gasteiger partial charge is 0.480 e. The summed E-state index contributed by atoms with van der Waals surface area (Å²) >= 11 is 0. The molecule has 1 unspecified atom stereocenters. The second-order valence-corrected chi connectivity index (χ2v) is 4.79. The third-order valence-corrected chi connectivity index (χ3v) is 2.85. The van der Waals surface area contributed by atoms with E-state index < -0.39 is 5.97 Å². The van der Waals surface area contributed by atoms with Gasteiger partial charge in [-0.05, 0) is 18.8 Å². The number of rotatable bonds is 8. The second kappa shape index (κ2) is 8.09. The number of carbonyl (C=O) groups excluding carboxylic acids is 1. The Labute approximate surface area is 104 Å². The fourth-order valence-electron chi connectivity index (χ4n) is 1.99. The Bertz CT molecular complexity index is 251. The summed E-state index contributed by atoms with van der Waals surface area (Å²) in [4.78, 5) is 24.5. The van der Waals surface area contributed by atoms with Crippen LogP contribution in [0.1, 0.15) is 47.0 Å². The van der Waals surface area contributed by atoms with E-state index in [1.165, 1.54) is 4.90 Å². The third-order valence-electron chi connectivity index (χ3n) is 2.85. The molecule has 100 valence electrons. The number of hydrogen-bond donors (Lipinski definition) is 1. The first-order valence-corrected chi connectivity index (χ1v) is 6.44. The van der Waals surface area contributed by atoms with Gasteiger partial charge in [-0.3, -0.25) is 9.59 Å². The van der Waals surface area contributed by atoms with Crippen LogP contribution < -0.4 is 0 Å². The van der Waals surface area contributed by atoms with E-state index in [0.29, 0.717) is 6.54 Å². The molecular formula is C13H25NO3. The van der Waals surface area contributed by atoms with E-state index in [4.69, 9.17) is 5.11 Å². The molecule has 1 N–H and O–H groups in total. The molecule has 4 nitrogen and oxygen atoms in total. The van der Waals surface area contributed by atoms with Gasteiger partial charge in [-0.15, -0.1) is 0 Å². The summed E-state index contributed by atoms with van der Waals surface area (Å²) in [5.74, 6) is -0.738. The third kappa shape index (κ3) is 5.71. The molecule has 0 saturated heterocycles. The van der Waals surface area contributed by atoms with Crippen LogP contribution in [0.25, 0.3) is 0 Å². The van der Waals surface area contributed by atoms with Crippen LogP contribution in [0.5, 0.6) is 0 Å². The maximum Gasteiger partial charge on any atom is 0.323 e. The molecule has 0 fully saturated rings. The van der Waals surface area contributed by atoms with Crippen LogP contribution in [0, 0.1) is 11.8 Å². The van der Waals surface area contributed by atoms with Crippen molar-refractivity contribution >= 4 is 11.9 Å². The minimum Gasteiger partial charge on any atom is -0.480 e. The summed E-state index contributed by atoms with van der Waals surface area (Å²) in [5, 5.41) is 8.82. The van der Waals surface area contributed by atoms with Crippen molar-refractivity contribution in [2.45, 2.75) is 47.0 Å². The van der Waals surface area contributed by atoms with E-state index in [0.717, 1.165) is 19.3 Å². The zero-order chi connectivity index (χ0) is 13.4. The Morgan fingerprint density at radius 3 is 2.12 bits per heavy atom. The van der Waals surface area contributed by atoms with Gasteiger partial charge < -0.3 is 10.0 Å². The Balaban J connectivity index is 4.70. The van der Waals surface area contributed by atoms with Gasteiger partial charge in [-0.2, -0.15) is 0 Å². The average molecular weight is 243 g/mol. The predicted octanol–water partition coefficient (Wildman–Crippen LogP) is 2.38. The maximum absolute atomic E-state index is 12.3. The average Bonchev–Trinajstić information content (AvgIpc) is 2.23. The lowest BCUT2D eigenvalue weighted by Crippen LogP contribution is -2.41. The van der Waals surface area contributed by atoms with Gasteiger partial charge in [0.15, 0.2) is 0 Å². The van der Waals surface area contributed by atoms with Crippen molar-refractivity contribution in [2.24, 2.45) is 11.8 Å². The zero-order valence-corrected chi connectivity index (χ0v) is 11.4. The van der Waals surface area contributed by atoms with Gasteiger partial charge in [0.2, 0.25) is 5.91 Å². The van der Waals surface area contributed by atoms with Gasteiger partial charge in [0.25, 0.3) is 0 Å². The van der Waals surface area contributed by atoms with E-state index in [-0.39, 0.29) is 24.3 Å². The molecule has 0 saturated carbocycles. The molecular weight excluding hydrogens is 218 g/mol.